The van der Waals surface area contributed by atoms with E-state index in [1.54, 1.807) is 0 Å². The molecular formula is C8H20N4. The Hall–Kier alpha value is -0.160. The van der Waals surface area contributed by atoms with Crippen LogP contribution in [-0.4, -0.2) is 68.3 Å². The van der Waals surface area contributed by atoms with Gasteiger partial charge in [-0.1, -0.05) is 0 Å². The predicted octanol–water partition coefficient (Wildman–Crippen LogP) is -0.961. The highest BCUT2D eigenvalue weighted by atomic mass is 15.6. The van der Waals surface area contributed by atoms with Crippen LogP contribution in [0.3, 0.4) is 0 Å². The van der Waals surface area contributed by atoms with E-state index in [9.17, 15) is 0 Å². The van der Waals surface area contributed by atoms with Gasteiger partial charge in [-0.25, -0.2) is 10.0 Å². The Morgan fingerprint density at radius 3 is 2.17 bits per heavy atom. The van der Waals surface area contributed by atoms with E-state index < -0.39 is 0 Å². The van der Waals surface area contributed by atoms with Crippen molar-refractivity contribution >= 4 is 0 Å². The minimum absolute atomic E-state index is 0.780. The molecule has 0 aromatic carbocycles. The molecule has 2 N–H and O–H groups in total. The second kappa shape index (κ2) is 4.77. The first-order valence-electron chi connectivity index (χ1n) is 4.58. The molecule has 0 saturated carbocycles. The van der Waals surface area contributed by atoms with E-state index in [1.807, 2.05) is 0 Å². The van der Waals surface area contributed by atoms with Gasteiger partial charge >= 0.3 is 0 Å². The van der Waals surface area contributed by atoms with E-state index in [1.165, 1.54) is 0 Å². The fourth-order valence-corrected chi connectivity index (χ4v) is 1.54. The Morgan fingerprint density at radius 2 is 1.75 bits per heavy atom. The summed E-state index contributed by atoms with van der Waals surface area (Å²) in [6.07, 6.45) is 0. The number of hydrazine groups is 1. The molecule has 4 heteroatoms. The monoisotopic (exact) mass is 172 g/mol. The molecule has 0 aromatic rings. The molecule has 0 radical (unpaired) electrons. The zero-order valence-corrected chi connectivity index (χ0v) is 8.16. The third-order valence-corrected chi connectivity index (χ3v) is 2.36. The Labute approximate surface area is 74.9 Å². The van der Waals surface area contributed by atoms with Crippen LogP contribution in [0.2, 0.25) is 0 Å². The van der Waals surface area contributed by atoms with Crippen molar-refractivity contribution in [3.8, 4) is 0 Å². The largest absolute Gasteiger partial charge is 0.329 e. The van der Waals surface area contributed by atoms with Gasteiger partial charge in [0.05, 0.1) is 0 Å². The van der Waals surface area contributed by atoms with Crippen molar-refractivity contribution in [1.82, 2.24) is 14.9 Å². The lowest BCUT2D eigenvalue weighted by molar-refractivity contribution is -0.0179. The number of hydrogen-bond donors (Lipinski definition) is 1. The summed E-state index contributed by atoms with van der Waals surface area (Å²) in [5, 5.41) is 4.52. The standard InChI is InChI=1S/C8H20N4/c1-10(2)12-7-5-11(4-3-9)6-8-12/h3-9H2,1-2H3. The van der Waals surface area contributed by atoms with Gasteiger partial charge in [0.25, 0.3) is 0 Å². The van der Waals surface area contributed by atoms with Crippen LogP contribution in [0.4, 0.5) is 0 Å². The molecule has 72 valence electrons. The van der Waals surface area contributed by atoms with Gasteiger partial charge in [0.15, 0.2) is 0 Å². The molecular weight excluding hydrogens is 152 g/mol. The zero-order valence-electron chi connectivity index (χ0n) is 8.16. The van der Waals surface area contributed by atoms with Gasteiger partial charge in [-0.2, -0.15) is 0 Å². The first-order chi connectivity index (χ1) is 5.74. The second-order valence-corrected chi connectivity index (χ2v) is 3.43. The average Bonchev–Trinajstić information content (AvgIpc) is 2.06. The van der Waals surface area contributed by atoms with Crippen molar-refractivity contribution in [3.63, 3.8) is 0 Å². The molecule has 1 rings (SSSR count). The molecule has 1 fully saturated rings. The van der Waals surface area contributed by atoms with E-state index >= 15 is 0 Å². The molecule has 1 aliphatic rings. The minimum atomic E-state index is 0.780. The van der Waals surface area contributed by atoms with Crippen LogP contribution >= 0.6 is 0 Å². The molecule has 0 amide bonds. The predicted molar refractivity (Wildman–Crippen MR) is 50.8 cm³/mol. The first kappa shape index (κ1) is 9.92. The second-order valence-electron chi connectivity index (χ2n) is 3.43. The van der Waals surface area contributed by atoms with Gasteiger partial charge in [0.2, 0.25) is 0 Å². The fraction of sp³-hybridized carbons (Fsp3) is 1.00. The quantitative estimate of drug-likeness (QED) is 0.595. The van der Waals surface area contributed by atoms with E-state index in [0.717, 1.165) is 39.3 Å². The van der Waals surface area contributed by atoms with Crippen LogP contribution in [-0.2, 0) is 0 Å². The third kappa shape index (κ3) is 2.71. The Balaban J connectivity index is 2.20. The van der Waals surface area contributed by atoms with Crippen molar-refractivity contribution in [3.05, 3.63) is 0 Å². The summed E-state index contributed by atoms with van der Waals surface area (Å²) in [5.74, 6) is 0. The van der Waals surface area contributed by atoms with Crippen LogP contribution < -0.4 is 5.73 Å². The third-order valence-electron chi connectivity index (χ3n) is 2.36. The van der Waals surface area contributed by atoms with Crippen molar-refractivity contribution in [2.24, 2.45) is 5.73 Å². The summed E-state index contributed by atoms with van der Waals surface area (Å²) in [7, 11) is 4.19. The van der Waals surface area contributed by atoms with E-state index in [2.05, 4.69) is 29.0 Å². The molecule has 0 unspecified atom stereocenters. The van der Waals surface area contributed by atoms with E-state index in [0.29, 0.717) is 0 Å². The van der Waals surface area contributed by atoms with Gasteiger partial charge in [-0.3, -0.25) is 4.90 Å². The summed E-state index contributed by atoms with van der Waals surface area (Å²) in [6, 6.07) is 0. The van der Waals surface area contributed by atoms with Crippen molar-refractivity contribution in [2.75, 3.05) is 53.4 Å². The number of rotatable bonds is 3. The maximum atomic E-state index is 5.49. The summed E-state index contributed by atoms with van der Waals surface area (Å²) in [5.41, 5.74) is 5.49. The van der Waals surface area contributed by atoms with Gasteiger partial charge in [-0.05, 0) is 0 Å². The van der Waals surface area contributed by atoms with Gasteiger partial charge in [-0.15, -0.1) is 0 Å². The average molecular weight is 172 g/mol. The van der Waals surface area contributed by atoms with Crippen LogP contribution in [0, 0.1) is 0 Å². The molecule has 0 spiro atoms. The van der Waals surface area contributed by atoms with Crippen LogP contribution in [0.15, 0.2) is 0 Å². The number of nitrogens with zero attached hydrogens (tertiary/aromatic N) is 3. The molecule has 1 aliphatic heterocycles. The lowest BCUT2D eigenvalue weighted by Gasteiger charge is -2.37. The van der Waals surface area contributed by atoms with Crippen LogP contribution in [0.5, 0.6) is 0 Å². The summed E-state index contributed by atoms with van der Waals surface area (Å²) >= 11 is 0. The molecule has 1 saturated heterocycles. The molecule has 0 aliphatic carbocycles. The Kier molecular flexibility index (Phi) is 3.94. The maximum Gasteiger partial charge on any atom is 0.0261 e. The smallest absolute Gasteiger partial charge is 0.0261 e. The molecule has 1 heterocycles. The topological polar surface area (TPSA) is 35.7 Å². The highest BCUT2D eigenvalue weighted by Crippen LogP contribution is 2.01. The van der Waals surface area contributed by atoms with Crippen molar-refractivity contribution in [1.29, 1.82) is 0 Å². The maximum absolute atomic E-state index is 5.49. The normalized spacial score (nSPS) is 22.0. The Bertz CT molecular complexity index is 118. The lowest BCUT2D eigenvalue weighted by Crippen LogP contribution is -2.52. The zero-order chi connectivity index (χ0) is 8.97. The van der Waals surface area contributed by atoms with E-state index in [-0.39, 0.29) is 0 Å². The number of piperazine rings is 1. The highest BCUT2D eigenvalue weighted by molar-refractivity contribution is 4.69. The number of nitrogens with two attached hydrogens (primary N) is 1. The van der Waals surface area contributed by atoms with E-state index in [4.69, 9.17) is 5.73 Å². The molecule has 12 heavy (non-hydrogen) atoms. The molecule has 0 aromatic heterocycles. The minimum Gasteiger partial charge on any atom is -0.329 e. The summed E-state index contributed by atoms with van der Waals surface area (Å²) in [4.78, 5) is 2.42. The van der Waals surface area contributed by atoms with Gasteiger partial charge in [0, 0.05) is 53.4 Å². The van der Waals surface area contributed by atoms with Gasteiger partial charge < -0.3 is 5.73 Å². The molecule has 0 bridgehead atoms. The lowest BCUT2D eigenvalue weighted by atomic mass is 10.3. The SMILES string of the molecule is CN(C)N1CCN(CCN)CC1. The van der Waals surface area contributed by atoms with Crippen LogP contribution in [0.25, 0.3) is 0 Å². The highest BCUT2D eigenvalue weighted by Gasteiger charge is 2.16. The molecule has 0 atom stereocenters. The van der Waals surface area contributed by atoms with Crippen molar-refractivity contribution in [2.45, 2.75) is 0 Å². The fourth-order valence-electron chi connectivity index (χ4n) is 1.54. The number of hydrogen-bond acceptors (Lipinski definition) is 4. The Morgan fingerprint density at radius 1 is 1.17 bits per heavy atom. The van der Waals surface area contributed by atoms with Crippen molar-refractivity contribution < 1.29 is 0 Å². The molecule has 4 nitrogen and oxygen atoms in total. The summed E-state index contributed by atoms with van der Waals surface area (Å²) < 4.78 is 0. The summed E-state index contributed by atoms with van der Waals surface area (Å²) in [6.45, 7) is 6.38. The first-order valence-corrected chi connectivity index (χ1v) is 4.58. The van der Waals surface area contributed by atoms with Gasteiger partial charge in [0.1, 0.15) is 0 Å². The van der Waals surface area contributed by atoms with Crippen LogP contribution in [0.1, 0.15) is 0 Å².